The van der Waals surface area contributed by atoms with Crippen LogP contribution in [0.3, 0.4) is 0 Å². The summed E-state index contributed by atoms with van der Waals surface area (Å²) < 4.78 is 0. The van der Waals surface area contributed by atoms with E-state index in [9.17, 15) is 9.59 Å². The Morgan fingerprint density at radius 2 is 2.24 bits per heavy atom. The van der Waals surface area contributed by atoms with Crippen LogP contribution in [-0.4, -0.2) is 40.8 Å². The molecule has 2 heterocycles. The van der Waals surface area contributed by atoms with Crippen LogP contribution in [0.2, 0.25) is 5.15 Å². The van der Waals surface area contributed by atoms with Gasteiger partial charge in [-0.3, -0.25) is 9.59 Å². The van der Waals surface area contributed by atoms with Gasteiger partial charge in [-0.05, 0) is 24.5 Å². The number of halogens is 1. The molecule has 1 aromatic rings. The van der Waals surface area contributed by atoms with E-state index in [4.69, 9.17) is 11.6 Å². The van der Waals surface area contributed by atoms with Crippen LogP contribution in [0.25, 0.3) is 0 Å². The normalized spacial score (nSPS) is 18.8. The Morgan fingerprint density at radius 1 is 1.52 bits per heavy atom. The Kier molecular flexibility index (Phi) is 4.83. The number of nitrogens with zero attached hydrogens (tertiary/aromatic N) is 2. The Labute approximate surface area is 129 Å². The summed E-state index contributed by atoms with van der Waals surface area (Å²) in [5, 5.41) is 3.09. The number of nitrogens with one attached hydrogen (secondary N) is 1. The van der Waals surface area contributed by atoms with Crippen LogP contribution < -0.4 is 5.32 Å². The average molecular weight is 310 g/mol. The first-order valence-corrected chi connectivity index (χ1v) is 7.58. The van der Waals surface area contributed by atoms with E-state index in [1.54, 1.807) is 17.0 Å². The van der Waals surface area contributed by atoms with Crippen molar-refractivity contribution in [2.24, 2.45) is 0 Å². The fraction of sp³-hybridized carbons (Fsp3) is 0.533. The first kappa shape index (κ1) is 15.8. The lowest BCUT2D eigenvalue weighted by molar-refractivity contribution is -0.127. The summed E-state index contributed by atoms with van der Waals surface area (Å²) in [5.74, 6) is -0.0777. The molecule has 5 nitrogen and oxygen atoms in total. The zero-order chi connectivity index (χ0) is 15.6. The highest BCUT2D eigenvalue weighted by Crippen LogP contribution is 2.20. The van der Waals surface area contributed by atoms with Crippen molar-refractivity contribution < 1.29 is 9.59 Å². The molecule has 114 valence electrons. The minimum atomic E-state index is -0.416. The lowest BCUT2D eigenvalue weighted by atomic mass is 10.0. The summed E-state index contributed by atoms with van der Waals surface area (Å²) in [7, 11) is 0. The second-order valence-corrected chi connectivity index (χ2v) is 5.86. The van der Waals surface area contributed by atoms with Gasteiger partial charge in [-0.1, -0.05) is 32.4 Å². The standard InChI is InChI=1S/C15H20ClN3O2/c1-4-12-14(20)17-5-6-19(12)15(21)10-7-11(9(2)3)18-13(16)8-10/h7-9,12H,4-6H2,1-3H3,(H,17,20). The molecule has 1 fully saturated rings. The molecule has 2 rings (SSSR count). The topological polar surface area (TPSA) is 62.3 Å². The van der Waals surface area contributed by atoms with E-state index in [2.05, 4.69) is 10.3 Å². The van der Waals surface area contributed by atoms with Gasteiger partial charge in [0.2, 0.25) is 5.91 Å². The maximum absolute atomic E-state index is 12.7. The highest BCUT2D eigenvalue weighted by molar-refractivity contribution is 6.29. The molecule has 1 aromatic heterocycles. The van der Waals surface area contributed by atoms with Gasteiger partial charge in [-0.2, -0.15) is 0 Å². The smallest absolute Gasteiger partial charge is 0.254 e. The summed E-state index contributed by atoms with van der Waals surface area (Å²) in [6, 6.07) is 2.91. The monoisotopic (exact) mass is 309 g/mol. The Bertz CT molecular complexity index is 560. The number of rotatable bonds is 3. The first-order valence-electron chi connectivity index (χ1n) is 7.20. The van der Waals surface area contributed by atoms with Crippen molar-refractivity contribution in [2.75, 3.05) is 13.1 Å². The third kappa shape index (κ3) is 3.35. The van der Waals surface area contributed by atoms with Gasteiger partial charge in [-0.25, -0.2) is 4.98 Å². The maximum Gasteiger partial charge on any atom is 0.254 e. The van der Waals surface area contributed by atoms with E-state index in [-0.39, 0.29) is 17.7 Å². The number of amides is 2. The van der Waals surface area contributed by atoms with E-state index in [0.29, 0.717) is 30.2 Å². The molecule has 0 saturated carbocycles. The van der Waals surface area contributed by atoms with Gasteiger partial charge in [0.1, 0.15) is 11.2 Å². The number of piperazine rings is 1. The Hall–Kier alpha value is -1.62. The van der Waals surface area contributed by atoms with E-state index >= 15 is 0 Å². The maximum atomic E-state index is 12.7. The number of hydrogen-bond acceptors (Lipinski definition) is 3. The Balaban J connectivity index is 2.32. The molecule has 0 aliphatic carbocycles. The number of hydrogen-bond donors (Lipinski definition) is 1. The van der Waals surface area contributed by atoms with Crippen molar-refractivity contribution in [3.8, 4) is 0 Å². The SMILES string of the molecule is CCC1C(=O)NCCN1C(=O)c1cc(Cl)nc(C(C)C)c1. The summed E-state index contributed by atoms with van der Waals surface area (Å²) in [4.78, 5) is 30.4. The highest BCUT2D eigenvalue weighted by Gasteiger charge is 2.32. The molecule has 1 N–H and O–H groups in total. The fourth-order valence-electron chi connectivity index (χ4n) is 2.47. The van der Waals surface area contributed by atoms with Gasteiger partial charge in [0.15, 0.2) is 0 Å². The molecule has 21 heavy (non-hydrogen) atoms. The molecular weight excluding hydrogens is 290 g/mol. The molecule has 1 saturated heterocycles. The first-order chi connectivity index (χ1) is 9.93. The Morgan fingerprint density at radius 3 is 2.86 bits per heavy atom. The van der Waals surface area contributed by atoms with E-state index in [0.717, 1.165) is 5.69 Å². The molecule has 1 aliphatic heterocycles. The van der Waals surface area contributed by atoms with Crippen LogP contribution in [0.4, 0.5) is 0 Å². The molecular formula is C15H20ClN3O2. The number of carbonyl (C=O) groups is 2. The quantitative estimate of drug-likeness (QED) is 0.871. The van der Waals surface area contributed by atoms with Gasteiger partial charge in [0.05, 0.1) is 0 Å². The molecule has 2 amide bonds. The van der Waals surface area contributed by atoms with Crippen LogP contribution in [0.15, 0.2) is 12.1 Å². The van der Waals surface area contributed by atoms with Crippen molar-refractivity contribution in [1.29, 1.82) is 0 Å². The minimum Gasteiger partial charge on any atom is -0.353 e. The van der Waals surface area contributed by atoms with Gasteiger partial charge in [-0.15, -0.1) is 0 Å². The van der Waals surface area contributed by atoms with Gasteiger partial charge in [0.25, 0.3) is 5.91 Å². The lowest BCUT2D eigenvalue weighted by Gasteiger charge is -2.34. The number of aromatic nitrogens is 1. The molecule has 1 unspecified atom stereocenters. The number of carbonyl (C=O) groups excluding carboxylic acids is 2. The number of pyridine rings is 1. The molecule has 0 spiro atoms. The van der Waals surface area contributed by atoms with Gasteiger partial charge in [0, 0.05) is 24.3 Å². The molecule has 1 aliphatic rings. The second-order valence-electron chi connectivity index (χ2n) is 5.47. The van der Waals surface area contributed by atoms with Crippen LogP contribution in [0.5, 0.6) is 0 Å². The largest absolute Gasteiger partial charge is 0.353 e. The summed E-state index contributed by atoms with van der Waals surface area (Å²) in [5.41, 5.74) is 1.27. The van der Waals surface area contributed by atoms with E-state index in [1.165, 1.54) is 0 Å². The molecule has 0 radical (unpaired) electrons. The van der Waals surface area contributed by atoms with Gasteiger partial charge < -0.3 is 10.2 Å². The summed E-state index contributed by atoms with van der Waals surface area (Å²) in [6.07, 6.45) is 0.591. The summed E-state index contributed by atoms with van der Waals surface area (Å²) in [6.45, 7) is 6.89. The van der Waals surface area contributed by atoms with Crippen LogP contribution in [0.1, 0.15) is 49.2 Å². The van der Waals surface area contributed by atoms with Crippen molar-refractivity contribution >= 4 is 23.4 Å². The van der Waals surface area contributed by atoms with Crippen molar-refractivity contribution in [2.45, 2.75) is 39.2 Å². The van der Waals surface area contributed by atoms with Crippen molar-refractivity contribution in [3.63, 3.8) is 0 Å². The molecule has 6 heteroatoms. The summed E-state index contributed by atoms with van der Waals surface area (Å²) >= 11 is 6.01. The second kappa shape index (κ2) is 6.43. The predicted molar refractivity (Wildman–Crippen MR) is 81.5 cm³/mol. The zero-order valence-corrected chi connectivity index (χ0v) is 13.3. The lowest BCUT2D eigenvalue weighted by Crippen LogP contribution is -2.56. The van der Waals surface area contributed by atoms with Gasteiger partial charge >= 0.3 is 0 Å². The van der Waals surface area contributed by atoms with Crippen LogP contribution in [-0.2, 0) is 4.79 Å². The van der Waals surface area contributed by atoms with E-state index < -0.39 is 6.04 Å². The highest BCUT2D eigenvalue weighted by atomic mass is 35.5. The van der Waals surface area contributed by atoms with Crippen LogP contribution in [0, 0.1) is 0 Å². The van der Waals surface area contributed by atoms with Crippen molar-refractivity contribution in [3.05, 3.63) is 28.5 Å². The minimum absolute atomic E-state index is 0.0960. The fourth-order valence-corrected chi connectivity index (χ4v) is 2.68. The third-order valence-electron chi connectivity index (χ3n) is 3.63. The average Bonchev–Trinajstić information content (AvgIpc) is 2.45. The van der Waals surface area contributed by atoms with Crippen molar-refractivity contribution in [1.82, 2.24) is 15.2 Å². The zero-order valence-electron chi connectivity index (χ0n) is 12.5. The molecule has 0 aromatic carbocycles. The van der Waals surface area contributed by atoms with E-state index in [1.807, 2.05) is 20.8 Å². The third-order valence-corrected chi connectivity index (χ3v) is 3.82. The molecule has 0 bridgehead atoms. The van der Waals surface area contributed by atoms with Crippen LogP contribution >= 0.6 is 11.6 Å². The molecule has 1 atom stereocenters. The predicted octanol–water partition coefficient (Wildman–Crippen LogP) is 2.21.